The molecule has 0 radical (unpaired) electrons. The molecule has 2 aromatic carbocycles. The van der Waals surface area contributed by atoms with Gasteiger partial charge in [0.05, 0.1) is 13.0 Å². The quantitative estimate of drug-likeness (QED) is 0.523. The summed E-state index contributed by atoms with van der Waals surface area (Å²) in [4.78, 5) is 36.1. The molecule has 6 nitrogen and oxygen atoms in total. The molecule has 0 saturated heterocycles. The summed E-state index contributed by atoms with van der Waals surface area (Å²) in [5.41, 5.74) is 0.860. The largest absolute Gasteiger partial charge is 0.494 e. The number of amides is 1. The van der Waals surface area contributed by atoms with E-state index in [0.29, 0.717) is 23.6 Å². The van der Waals surface area contributed by atoms with E-state index < -0.39 is 23.8 Å². The van der Waals surface area contributed by atoms with Crippen LogP contribution in [0, 0.1) is 5.82 Å². The average molecular weight is 387 g/mol. The molecule has 0 aromatic heterocycles. The molecule has 2 aromatic rings. The minimum absolute atomic E-state index is 0.0287. The lowest BCUT2D eigenvalue weighted by molar-refractivity contribution is -0.153. The Hall–Kier alpha value is -3.22. The van der Waals surface area contributed by atoms with Crippen molar-refractivity contribution in [2.24, 2.45) is 0 Å². The van der Waals surface area contributed by atoms with Crippen LogP contribution in [0.4, 0.5) is 10.1 Å². The van der Waals surface area contributed by atoms with E-state index in [0.717, 1.165) is 0 Å². The maximum atomic E-state index is 12.9. The van der Waals surface area contributed by atoms with Gasteiger partial charge in [-0.1, -0.05) is 0 Å². The molecule has 28 heavy (non-hydrogen) atoms. The number of nitrogens with one attached hydrogen (secondary N) is 1. The minimum atomic E-state index is -1.04. The number of ketones is 1. The van der Waals surface area contributed by atoms with Crippen LogP contribution in [-0.4, -0.2) is 30.4 Å². The Kier molecular flexibility index (Phi) is 7.68. The first-order valence-electron chi connectivity index (χ1n) is 8.91. The highest BCUT2D eigenvalue weighted by molar-refractivity contribution is 5.98. The summed E-state index contributed by atoms with van der Waals surface area (Å²) in [6.07, 6.45) is -1.21. The molecule has 0 heterocycles. The number of benzene rings is 2. The number of carbonyl (C=O) groups is 3. The first-order valence-corrected chi connectivity index (χ1v) is 8.91. The van der Waals surface area contributed by atoms with Gasteiger partial charge in [0, 0.05) is 17.7 Å². The zero-order chi connectivity index (χ0) is 20.5. The first kappa shape index (κ1) is 21.1. The standard InChI is InChI=1S/C21H22FNO5/c1-3-27-18-10-4-15(5-11-18)19(24)12-13-20(25)28-14(2)21(26)23-17-8-6-16(22)7-9-17/h4-11,14H,3,12-13H2,1-2H3,(H,23,26)/t14-/m1/s1. The Morgan fingerprint density at radius 2 is 1.64 bits per heavy atom. The lowest BCUT2D eigenvalue weighted by atomic mass is 10.1. The smallest absolute Gasteiger partial charge is 0.307 e. The maximum absolute atomic E-state index is 12.9. The molecule has 0 spiro atoms. The van der Waals surface area contributed by atoms with Crippen LogP contribution in [0.25, 0.3) is 0 Å². The SMILES string of the molecule is CCOc1ccc(C(=O)CCC(=O)O[C@H](C)C(=O)Nc2ccc(F)cc2)cc1. The van der Waals surface area contributed by atoms with Gasteiger partial charge in [-0.3, -0.25) is 14.4 Å². The third kappa shape index (κ3) is 6.50. The van der Waals surface area contributed by atoms with Crippen LogP contribution < -0.4 is 10.1 Å². The van der Waals surface area contributed by atoms with Gasteiger partial charge in [0.2, 0.25) is 0 Å². The van der Waals surface area contributed by atoms with Gasteiger partial charge >= 0.3 is 5.97 Å². The Morgan fingerprint density at radius 3 is 2.25 bits per heavy atom. The predicted octanol–water partition coefficient (Wildman–Crippen LogP) is 3.76. The lowest BCUT2D eigenvalue weighted by Crippen LogP contribution is -2.30. The zero-order valence-electron chi connectivity index (χ0n) is 15.7. The molecule has 0 saturated carbocycles. The number of ether oxygens (including phenoxy) is 2. The summed E-state index contributed by atoms with van der Waals surface area (Å²) < 4.78 is 23.2. The highest BCUT2D eigenvalue weighted by Gasteiger charge is 2.19. The summed E-state index contributed by atoms with van der Waals surface area (Å²) in [5.74, 6) is -1.16. The molecular weight excluding hydrogens is 365 g/mol. The molecule has 148 valence electrons. The van der Waals surface area contributed by atoms with E-state index in [2.05, 4.69) is 5.32 Å². The second-order valence-electron chi connectivity index (χ2n) is 6.01. The van der Waals surface area contributed by atoms with E-state index >= 15 is 0 Å². The number of carbonyl (C=O) groups excluding carboxylic acids is 3. The number of Topliss-reactive ketones (excluding diaryl/α,β-unsaturated/α-hetero) is 1. The fourth-order valence-electron chi connectivity index (χ4n) is 2.35. The average Bonchev–Trinajstić information content (AvgIpc) is 2.68. The fraction of sp³-hybridized carbons (Fsp3) is 0.286. The van der Waals surface area contributed by atoms with Gasteiger partial charge in [0.1, 0.15) is 11.6 Å². The summed E-state index contributed by atoms with van der Waals surface area (Å²) in [6.45, 7) is 3.82. The molecular formula is C21H22FNO5. The summed E-state index contributed by atoms with van der Waals surface area (Å²) in [6, 6.07) is 11.9. The Bertz CT molecular complexity index is 818. The molecule has 0 bridgehead atoms. The number of hydrogen-bond donors (Lipinski definition) is 1. The third-order valence-corrected chi connectivity index (χ3v) is 3.83. The molecule has 0 aliphatic carbocycles. The monoisotopic (exact) mass is 387 g/mol. The van der Waals surface area contributed by atoms with Crippen LogP contribution in [-0.2, 0) is 14.3 Å². The van der Waals surface area contributed by atoms with Crippen molar-refractivity contribution in [2.75, 3.05) is 11.9 Å². The second-order valence-corrected chi connectivity index (χ2v) is 6.01. The minimum Gasteiger partial charge on any atom is -0.494 e. The summed E-state index contributed by atoms with van der Waals surface area (Å²) >= 11 is 0. The van der Waals surface area contributed by atoms with Crippen LogP contribution in [0.15, 0.2) is 48.5 Å². The summed E-state index contributed by atoms with van der Waals surface area (Å²) in [7, 11) is 0. The van der Waals surface area contributed by atoms with Crippen molar-refractivity contribution < 1.29 is 28.2 Å². The number of anilines is 1. The number of esters is 1. The van der Waals surface area contributed by atoms with Crippen molar-refractivity contribution in [3.05, 3.63) is 59.9 Å². The fourth-order valence-corrected chi connectivity index (χ4v) is 2.35. The van der Waals surface area contributed by atoms with Crippen LogP contribution in [0.2, 0.25) is 0 Å². The Balaban J connectivity index is 1.78. The zero-order valence-corrected chi connectivity index (χ0v) is 15.7. The van der Waals surface area contributed by atoms with Gasteiger partial charge in [-0.25, -0.2) is 4.39 Å². The first-order chi connectivity index (χ1) is 13.4. The van der Waals surface area contributed by atoms with E-state index in [-0.39, 0.29) is 18.6 Å². The second kappa shape index (κ2) is 10.2. The Morgan fingerprint density at radius 1 is 1.00 bits per heavy atom. The van der Waals surface area contributed by atoms with E-state index in [1.54, 1.807) is 24.3 Å². The molecule has 1 atom stereocenters. The van der Waals surface area contributed by atoms with Crippen LogP contribution >= 0.6 is 0 Å². The highest BCUT2D eigenvalue weighted by atomic mass is 19.1. The van der Waals surface area contributed by atoms with Crippen molar-refractivity contribution in [3.8, 4) is 5.75 Å². The predicted molar refractivity (Wildman–Crippen MR) is 102 cm³/mol. The van der Waals surface area contributed by atoms with E-state index in [1.165, 1.54) is 31.2 Å². The molecule has 0 fully saturated rings. The van der Waals surface area contributed by atoms with Crippen LogP contribution in [0.5, 0.6) is 5.75 Å². The van der Waals surface area contributed by atoms with Gasteiger partial charge in [0.25, 0.3) is 5.91 Å². The van der Waals surface area contributed by atoms with Gasteiger partial charge in [-0.05, 0) is 62.4 Å². The number of hydrogen-bond acceptors (Lipinski definition) is 5. The lowest BCUT2D eigenvalue weighted by Gasteiger charge is -2.13. The maximum Gasteiger partial charge on any atom is 0.307 e. The van der Waals surface area contributed by atoms with Gasteiger partial charge in [-0.2, -0.15) is 0 Å². The van der Waals surface area contributed by atoms with E-state index in [4.69, 9.17) is 9.47 Å². The molecule has 2 rings (SSSR count). The van der Waals surface area contributed by atoms with Gasteiger partial charge in [0.15, 0.2) is 11.9 Å². The van der Waals surface area contributed by atoms with E-state index in [1.807, 2.05) is 6.92 Å². The topological polar surface area (TPSA) is 81.7 Å². The van der Waals surface area contributed by atoms with Crippen molar-refractivity contribution >= 4 is 23.3 Å². The van der Waals surface area contributed by atoms with E-state index in [9.17, 15) is 18.8 Å². The molecule has 1 N–H and O–H groups in total. The van der Waals surface area contributed by atoms with Crippen molar-refractivity contribution in [2.45, 2.75) is 32.8 Å². The molecule has 1 amide bonds. The molecule has 7 heteroatoms. The van der Waals surface area contributed by atoms with Crippen molar-refractivity contribution in [3.63, 3.8) is 0 Å². The third-order valence-electron chi connectivity index (χ3n) is 3.83. The van der Waals surface area contributed by atoms with Crippen LogP contribution in [0.1, 0.15) is 37.0 Å². The molecule has 0 unspecified atom stereocenters. The summed E-state index contributed by atoms with van der Waals surface area (Å²) in [5, 5.41) is 2.52. The van der Waals surface area contributed by atoms with Gasteiger partial charge < -0.3 is 14.8 Å². The van der Waals surface area contributed by atoms with Crippen molar-refractivity contribution in [1.82, 2.24) is 0 Å². The van der Waals surface area contributed by atoms with Crippen molar-refractivity contribution in [1.29, 1.82) is 0 Å². The molecule has 0 aliphatic rings. The normalized spacial score (nSPS) is 11.4. The van der Waals surface area contributed by atoms with Crippen LogP contribution in [0.3, 0.4) is 0 Å². The molecule has 0 aliphatic heterocycles. The Labute approximate surface area is 162 Å². The highest BCUT2D eigenvalue weighted by Crippen LogP contribution is 2.14. The van der Waals surface area contributed by atoms with Gasteiger partial charge in [-0.15, -0.1) is 0 Å². The number of halogens is 1. The number of rotatable bonds is 9.